The Kier molecular flexibility index (Phi) is 9.31. The Morgan fingerprint density at radius 2 is 1.87 bits per heavy atom. The first kappa shape index (κ1) is 24.6. The molecule has 2 saturated carbocycles. The van der Waals surface area contributed by atoms with Crippen LogP contribution in [0.2, 0.25) is 0 Å². The number of hydrogen-bond acceptors (Lipinski definition) is 5. The molecule has 1 amide bonds. The number of guanidine groups is 1. The minimum atomic E-state index is -1.59. The predicted octanol–water partition coefficient (Wildman–Crippen LogP) is 2.55. The van der Waals surface area contributed by atoms with Crippen molar-refractivity contribution < 1.29 is 18.3 Å². The Hall–Kier alpha value is -1.03. The van der Waals surface area contributed by atoms with Crippen LogP contribution in [0.15, 0.2) is 4.99 Å². The molecule has 10 heteroatoms. The molecule has 0 spiro atoms. The largest absolute Gasteiger partial charge is 0.383 e. The molecule has 1 aliphatic heterocycles. The predicted molar refractivity (Wildman–Crippen MR) is 117 cm³/mol. The Morgan fingerprint density at radius 3 is 2.55 bits per heavy atom. The number of carbonyl (C=O) groups is 1. The van der Waals surface area contributed by atoms with Gasteiger partial charge in [0.15, 0.2) is 5.96 Å². The summed E-state index contributed by atoms with van der Waals surface area (Å²) in [5.74, 6) is 0.00321. The Bertz CT molecular complexity index is 621. The monoisotopic (exact) mass is 463 g/mol. The summed E-state index contributed by atoms with van der Waals surface area (Å²) in [6, 6.07) is 0.224. The molecule has 31 heavy (non-hydrogen) atoms. The van der Waals surface area contributed by atoms with Gasteiger partial charge in [-0.15, -0.1) is 11.6 Å². The Balaban J connectivity index is 1.60. The molecule has 0 bridgehead atoms. The van der Waals surface area contributed by atoms with Crippen molar-refractivity contribution in [2.45, 2.75) is 94.3 Å². The lowest BCUT2D eigenvalue weighted by molar-refractivity contribution is -0.125. The minimum absolute atomic E-state index is 0.0690. The number of halogens is 3. The maximum absolute atomic E-state index is 13.8. The minimum Gasteiger partial charge on any atom is -0.383 e. The van der Waals surface area contributed by atoms with Crippen molar-refractivity contribution in [2.75, 3.05) is 13.7 Å². The van der Waals surface area contributed by atoms with Gasteiger partial charge in [-0.05, 0) is 57.8 Å². The van der Waals surface area contributed by atoms with Crippen LogP contribution in [0.3, 0.4) is 0 Å². The molecule has 0 aromatic carbocycles. The van der Waals surface area contributed by atoms with Crippen LogP contribution in [0, 0.1) is 11.8 Å². The molecule has 2 aliphatic carbocycles. The van der Waals surface area contributed by atoms with Gasteiger partial charge < -0.3 is 10.1 Å². The molecule has 3 aliphatic rings. The van der Waals surface area contributed by atoms with E-state index in [1.54, 1.807) is 7.11 Å². The number of alkyl halides is 3. The summed E-state index contributed by atoms with van der Waals surface area (Å²) in [4.78, 5) is 17.4. The molecular formula is C21H36ClF2N5O2. The van der Waals surface area contributed by atoms with Crippen molar-refractivity contribution in [1.29, 1.82) is 0 Å². The number of hydrogen-bond donors (Lipinski definition) is 4. The van der Waals surface area contributed by atoms with Crippen LogP contribution in [-0.2, 0) is 9.53 Å². The summed E-state index contributed by atoms with van der Waals surface area (Å²) in [5.41, 5.74) is 6.56. The molecule has 3 rings (SSSR count). The highest BCUT2D eigenvalue weighted by molar-refractivity contribution is 6.20. The lowest BCUT2D eigenvalue weighted by Gasteiger charge is -2.29. The van der Waals surface area contributed by atoms with E-state index in [2.05, 4.69) is 26.5 Å². The number of carbonyl (C=O) groups excluding carboxylic acids is 1. The molecule has 1 saturated heterocycles. The highest BCUT2D eigenvalue weighted by Gasteiger charge is 2.35. The molecule has 7 nitrogen and oxygen atoms in total. The average Bonchev–Trinajstić information content (AvgIpc) is 3.19. The molecule has 0 radical (unpaired) electrons. The zero-order valence-electron chi connectivity index (χ0n) is 18.4. The van der Waals surface area contributed by atoms with Crippen LogP contribution in [0.1, 0.15) is 58.3 Å². The molecule has 1 heterocycles. The van der Waals surface area contributed by atoms with Crippen molar-refractivity contribution in [3.8, 4) is 0 Å². The summed E-state index contributed by atoms with van der Waals surface area (Å²) < 4.78 is 32.4. The third kappa shape index (κ3) is 7.23. The SMILES string of the molecule is COC[C@H](C)N/C(=N\C1CC(C2CCC(Cl)CC2)NN1)NC(=O)C1CCC(F)C(F)C1. The molecule has 4 N–H and O–H groups in total. The van der Waals surface area contributed by atoms with Crippen LogP contribution in [0.25, 0.3) is 0 Å². The number of amides is 1. The molecular weight excluding hydrogens is 428 g/mol. The maximum Gasteiger partial charge on any atom is 0.229 e. The molecule has 3 fully saturated rings. The van der Waals surface area contributed by atoms with Gasteiger partial charge >= 0.3 is 0 Å². The fourth-order valence-corrected chi connectivity index (χ4v) is 5.01. The van der Waals surface area contributed by atoms with E-state index in [9.17, 15) is 13.6 Å². The maximum atomic E-state index is 13.8. The lowest BCUT2D eigenvalue weighted by Crippen LogP contribution is -2.50. The quantitative estimate of drug-likeness (QED) is 0.276. The lowest BCUT2D eigenvalue weighted by atomic mass is 9.83. The second kappa shape index (κ2) is 11.7. The van der Waals surface area contributed by atoms with Gasteiger partial charge in [-0.3, -0.25) is 15.5 Å². The number of ether oxygens (including phenoxy) is 1. The second-order valence-electron chi connectivity index (χ2n) is 9.17. The molecule has 5 unspecified atom stereocenters. The van der Waals surface area contributed by atoms with Gasteiger partial charge in [0.2, 0.25) is 5.91 Å². The molecule has 0 aromatic heterocycles. The number of rotatable bonds is 6. The standard InChI is InChI=1S/C21H36ClF2N5O2/c1-12(11-31-2)25-21(27-20(30)14-5-8-16(23)17(24)9-14)26-19-10-18(28-29-19)13-3-6-15(22)7-4-13/h12-19,28-29H,3-11H2,1-2H3,(H2,25,26,27,30)/t12-,13?,14?,15?,16?,17?,18?,19?/m0/s1. The van der Waals surface area contributed by atoms with Gasteiger partial charge in [-0.25, -0.2) is 19.2 Å². The summed E-state index contributed by atoms with van der Waals surface area (Å²) in [7, 11) is 1.60. The van der Waals surface area contributed by atoms with Gasteiger partial charge in [0.25, 0.3) is 0 Å². The van der Waals surface area contributed by atoms with E-state index in [-0.39, 0.29) is 36.3 Å². The van der Waals surface area contributed by atoms with Crippen LogP contribution in [-0.4, -0.2) is 61.6 Å². The van der Waals surface area contributed by atoms with Crippen molar-refractivity contribution >= 4 is 23.5 Å². The normalized spacial score (nSPS) is 38.0. The highest BCUT2D eigenvalue weighted by atomic mass is 35.5. The van der Waals surface area contributed by atoms with Crippen LogP contribution in [0.4, 0.5) is 8.78 Å². The Labute approximate surface area is 188 Å². The van der Waals surface area contributed by atoms with Crippen LogP contribution >= 0.6 is 11.6 Å². The summed E-state index contributed by atoms with van der Waals surface area (Å²) in [6.07, 6.45) is 2.11. The smallest absolute Gasteiger partial charge is 0.229 e. The van der Waals surface area contributed by atoms with E-state index in [4.69, 9.17) is 16.3 Å². The van der Waals surface area contributed by atoms with Gasteiger partial charge in [-0.1, -0.05) is 0 Å². The number of nitrogens with one attached hydrogen (secondary N) is 4. The van der Waals surface area contributed by atoms with Crippen molar-refractivity contribution in [3.05, 3.63) is 0 Å². The van der Waals surface area contributed by atoms with Gasteiger partial charge in [0.1, 0.15) is 18.5 Å². The van der Waals surface area contributed by atoms with E-state index >= 15 is 0 Å². The summed E-state index contributed by atoms with van der Waals surface area (Å²) >= 11 is 6.23. The summed E-state index contributed by atoms with van der Waals surface area (Å²) in [6.45, 7) is 2.36. The Morgan fingerprint density at radius 1 is 1.13 bits per heavy atom. The van der Waals surface area contributed by atoms with Crippen LogP contribution in [0.5, 0.6) is 0 Å². The van der Waals surface area contributed by atoms with Crippen LogP contribution < -0.4 is 21.5 Å². The van der Waals surface area contributed by atoms with Gasteiger partial charge in [0.05, 0.1) is 6.61 Å². The number of methoxy groups -OCH3 is 1. The summed E-state index contributed by atoms with van der Waals surface area (Å²) in [5, 5.41) is 6.27. The highest BCUT2D eigenvalue weighted by Crippen LogP contribution is 2.32. The van der Waals surface area contributed by atoms with Gasteiger partial charge in [0, 0.05) is 36.9 Å². The first-order valence-electron chi connectivity index (χ1n) is 11.4. The fourth-order valence-electron chi connectivity index (χ4n) is 4.76. The van der Waals surface area contributed by atoms with Gasteiger partial charge in [-0.2, -0.15) is 0 Å². The number of aliphatic imine (C=N–C) groups is 1. The zero-order valence-corrected chi connectivity index (χ0v) is 19.1. The topological polar surface area (TPSA) is 86.8 Å². The van der Waals surface area contributed by atoms with E-state index < -0.39 is 18.3 Å². The van der Waals surface area contributed by atoms with Crippen molar-refractivity contribution in [1.82, 2.24) is 21.5 Å². The average molecular weight is 464 g/mol. The van der Waals surface area contributed by atoms with E-state index in [1.165, 1.54) is 0 Å². The fraction of sp³-hybridized carbons (Fsp3) is 0.905. The van der Waals surface area contributed by atoms with Crippen molar-refractivity contribution in [2.24, 2.45) is 16.8 Å². The third-order valence-corrected chi connectivity index (χ3v) is 7.01. The molecule has 178 valence electrons. The van der Waals surface area contributed by atoms with E-state index in [0.717, 1.165) is 32.1 Å². The number of nitrogens with zero attached hydrogens (tertiary/aromatic N) is 1. The number of hydrazine groups is 1. The first-order chi connectivity index (χ1) is 14.9. The molecule has 6 atom stereocenters. The molecule has 0 aromatic rings. The second-order valence-corrected chi connectivity index (χ2v) is 9.79. The zero-order chi connectivity index (χ0) is 22.4. The first-order valence-corrected chi connectivity index (χ1v) is 11.9. The van der Waals surface area contributed by atoms with E-state index in [1.807, 2.05) is 6.92 Å². The van der Waals surface area contributed by atoms with Crippen molar-refractivity contribution in [3.63, 3.8) is 0 Å². The third-order valence-electron chi connectivity index (χ3n) is 6.57. The van der Waals surface area contributed by atoms with E-state index in [0.29, 0.717) is 30.9 Å².